The number of fused-ring (bicyclic) bond motifs is 1. The Kier molecular flexibility index (Phi) is 4.76. The molecular formula is C20H23N5O6. The first-order valence-corrected chi connectivity index (χ1v) is 9.13. The zero-order chi connectivity index (χ0) is 27.1. The highest BCUT2D eigenvalue weighted by molar-refractivity contribution is 5.96. The molecule has 11 heteroatoms. The van der Waals surface area contributed by atoms with Gasteiger partial charge in [-0.15, -0.1) is 0 Å². The molecule has 0 bridgehead atoms. The molecule has 0 spiro atoms. The number of carbonyl (C=O) groups is 3. The fraction of sp³-hybridized carbons (Fsp3) is 0.350. The van der Waals surface area contributed by atoms with E-state index in [4.69, 9.17) is 17.7 Å². The first-order chi connectivity index (χ1) is 16.6. The van der Waals surface area contributed by atoms with Crippen LogP contribution in [0.5, 0.6) is 0 Å². The van der Waals surface area contributed by atoms with Gasteiger partial charge in [0.1, 0.15) is 11.8 Å². The summed E-state index contributed by atoms with van der Waals surface area (Å²) in [5.41, 5.74) is 6.31. The van der Waals surface area contributed by atoms with Crippen LogP contribution in [0.15, 0.2) is 29.1 Å². The van der Waals surface area contributed by atoms with Gasteiger partial charge < -0.3 is 26.6 Å². The van der Waals surface area contributed by atoms with Gasteiger partial charge in [-0.25, -0.2) is 4.79 Å². The number of aromatic amines is 1. The van der Waals surface area contributed by atoms with E-state index in [-0.39, 0.29) is 23.0 Å². The number of carboxylic acids is 2. The number of carboxylic acid groups (broad SMARTS) is 2. The summed E-state index contributed by atoms with van der Waals surface area (Å²) in [4.78, 5) is 54.1. The molecule has 1 amide bonds. The first-order valence-electron chi connectivity index (χ1n) is 11.6. The van der Waals surface area contributed by atoms with Crippen LogP contribution in [0.2, 0.25) is 0 Å². The molecule has 31 heavy (non-hydrogen) atoms. The molecule has 2 aromatic rings. The summed E-state index contributed by atoms with van der Waals surface area (Å²) in [6.45, 7) is 0.488. The van der Waals surface area contributed by atoms with Crippen molar-refractivity contribution in [3.8, 4) is 0 Å². The molecule has 0 saturated carbocycles. The normalized spacial score (nSPS) is 19.9. The second kappa shape index (κ2) is 9.28. The number of nitrogen functional groups attached to an aromatic ring is 1. The van der Waals surface area contributed by atoms with Crippen molar-refractivity contribution < 1.29 is 31.5 Å². The Morgan fingerprint density at radius 2 is 2.03 bits per heavy atom. The number of aromatic nitrogens is 2. The molecule has 11 nitrogen and oxygen atoms in total. The molecule has 0 radical (unpaired) electrons. The maximum absolute atomic E-state index is 12.6. The lowest BCUT2D eigenvalue weighted by Gasteiger charge is -2.14. The lowest BCUT2D eigenvalue weighted by Crippen LogP contribution is -2.41. The number of H-pyrrole nitrogens is 1. The number of aliphatic carboxylic acids is 2. The van der Waals surface area contributed by atoms with Gasteiger partial charge in [-0.05, 0) is 36.9 Å². The number of aryl methyl sites for hydroxylation is 1. The molecule has 1 aliphatic heterocycles. The van der Waals surface area contributed by atoms with Gasteiger partial charge in [0.15, 0.2) is 0 Å². The van der Waals surface area contributed by atoms with Gasteiger partial charge in [-0.1, -0.05) is 12.1 Å². The average molecular weight is 434 g/mol. The minimum atomic E-state index is -3.85. The smallest absolute Gasteiger partial charge is 0.326 e. The molecule has 2 atom stereocenters. The molecule has 0 fully saturated rings. The number of nitrogens with zero attached hydrogens (tertiary/aromatic N) is 1. The molecule has 1 aromatic heterocycles. The van der Waals surface area contributed by atoms with Gasteiger partial charge in [-0.3, -0.25) is 19.4 Å². The van der Waals surface area contributed by atoms with Crippen molar-refractivity contribution in [2.75, 3.05) is 17.6 Å². The quantitative estimate of drug-likeness (QED) is 0.327. The Bertz CT molecular complexity index is 1270. The van der Waals surface area contributed by atoms with Crippen molar-refractivity contribution >= 4 is 29.6 Å². The van der Waals surface area contributed by atoms with Crippen LogP contribution in [-0.2, 0) is 16.0 Å². The van der Waals surface area contributed by atoms with Gasteiger partial charge in [0.2, 0.25) is 5.95 Å². The van der Waals surface area contributed by atoms with E-state index in [1.807, 2.05) is 0 Å². The largest absolute Gasteiger partial charge is 0.481 e. The second-order valence-corrected chi connectivity index (χ2v) is 6.72. The Morgan fingerprint density at radius 3 is 2.68 bits per heavy atom. The Labute approximate surface area is 183 Å². The summed E-state index contributed by atoms with van der Waals surface area (Å²) in [7, 11) is 0. The lowest BCUT2D eigenvalue weighted by molar-refractivity contribution is -0.140. The van der Waals surface area contributed by atoms with Crippen LogP contribution >= 0.6 is 0 Å². The molecule has 1 aliphatic rings. The summed E-state index contributed by atoms with van der Waals surface area (Å²) in [6.07, 6.45) is -6.60. The molecule has 1 aromatic carbocycles. The summed E-state index contributed by atoms with van der Waals surface area (Å²) < 4.78 is 38.2. The standard InChI is InChI=1S/C20H23N5O6/c21-20-24-16-15(18(29)25-20)12(9-22-16)6-3-10-1-4-11(5-2-10)17(28)23-13(19(30)31)7-8-14(26)27/h1-2,4-5,12-13H,3,6-9H2,(H,23,28)(H,26,27)(H,30,31)(H4,21,22,24,25,29)/t12?,13-/m0/s1/i7D2,8D2,13D. The number of hydrogen-bond donors (Lipinski definition) is 6. The molecular weight excluding hydrogens is 406 g/mol. The predicted molar refractivity (Wildman–Crippen MR) is 111 cm³/mol. The Balaban J connectivity index is 1.73. The van der Waals surface area contributed by atoms with Crippen LogP contribution in [0.3, 0.4) is 0 Å². The van der Waals surface area contributed by atoms with E-state index in [9.17, 15) is 24.3 Å². The van der Waals surface area contributed by atoms with Crippen LogP contribution < -0.4 is 21.9 Å². The highest BCUT2D eigenvalue weighted by Gasteiger charge is 2.27. The molecule has 2 heterocycles. The number of carbonyl (C=O) groups excluding carboxylic acids is 1. The molecule has 1 unspecified atom stereocenters. The maximum Gasteiger partial charge on any atom is 0.326 e. The third-order valence-electron chi connectivity index (χ3n) is 4.64. The fourth-order valence-electron chi connectivity index (χ4n) is 3.19. The van der Waals surface area contributed by atoms with Crippen molar-refractivity contribution in [1.29, 1.82) is 0 Å². The van der Waals surface area contributed by atoms with E-state index in [2.05, 4.69) is 15.3 Å². The molecule has 164 valence electrons. The molecule has 0 saturated heterocycles. The average Bonchev–Trinajstić information content (AvgIpc) is 3.20. The summed E-state index contributed by atoms with van der Waals surface area (Å²) in [5.74, 6) is -5.52. The van der Waals surface area contributed by atoms with Gasteiger partial charge in [-0.2, -0.15) is 4.98 Å². The summed E-state index contributed by atoms with van der Waals surface area (Å²) >= 11 is 0. The van der Waals surface area contributed by atoms with Crippen molar-refractivity contribution in [2.24, 2.45) is 0 Å². The van der Waals surface area contributed by atoms with E-state index in [1.54, 1.807) is 17.4 Å². The topological polar surface area (TPSA) is 187 Å². The Hall–Kier alpha value is -3.89. The number of rotatable bonds is 9. The zero-order valence-electron chi connectivity index (χ0n) is 21.1. The van der Waals surface area contributed by atoms with Crippen LogP contribution in [0, 0.1) is 0 Å². The molecule has 0 aliphatic carbocycles. The van der Waals surface area contributed by atoms with E-state index in [0.717, 1.165) is 5.56 Å². The van der Waals surface area contributed by atoms with E-state index < -0.39 is 36.6 Å². The highest BCUT2D eigenvalue weighted by atomic mass is 16.4. The monoisotopic (exact) mass is 434 g/mol. The van der Waals surface area contributed by atoms with Crippen molar-refractivity contribution in [2.45, 2.75) is 37.5 Å². The van der Waals surface area contributed by atoms with Gasteiger partial charge >= 0.3 is 11.9 Å². The van der Waals surface area contributed by atoms with Gasteiger partial charge in [0.05, 0.1) is 6.93 Å². The third kappa shape index (κ3) is 5.38. The highest BCUT2D eigenvalue weighted by Crippen LogP contribution is 2.30. The Morgan fingerprint density at radius 1 is 1.32 bits per heavy atom. The SMILES string of the molecule is [2H]C([2H])(C(=O)O)C([2H])([2H])[C@]([2H])(NC(=O)c1ccc(CCC2CNc3nc(N)[nH]c(=O)c32)cc1)C(=O)O. The molecule has 3 rings (SSSR count). The van der Waals surface area contributed by atoms with Crippen LogP contribution in [0.25, 0.3) is 0 Å². The van der Waals surface area contributed by atoms with Crippen molar-refractivity contribution in [1.82, 2.24) is 15.3 Å². The summed E-state index contributed by atoms with van der Waals surface area (Å²) in [5, 5.41) is 23.0. The fourth-order valence-corrected chi connectivity index (χ4v) is 3.19. The number of nitrogens with two attached hydrogens (primary N) is 1. The minimum Gasteiger partial charge on any atom is -0.481 e. The predicted octanol–water partition coefficient (Wildman–Crippen LogP) is 0.542. The van der Waals surface area contributed by atoms with Crippen LogP contribution in [-0.4, -0.2) is 50.6 Å². The number of amides is 1. The van der Waals surface area contributed by atoms with E-state index >= 15 is 0 Å². The maximum atomic E-state index is 12.6. The number of hydrogen-bond acceptors (Lipinski definition) is 7. The van der Waals surface area contributed by atoms with Gasteiger partial charge in [0.25, 0.3) is 11.5 Å². The summed E-state index contributed by atoms with van der Waals surface area (Å²) in [6, 6.07) is 2.02. The third-order valence-corrected chi connectivity index (χ3v) is 4.64. The van der Waals surface area contributed by atoms with Gasteiger partial charge in [0, 0.05) is 29.9 Å². The van der Waals surface area contributed by atoms with Crippen molar-refractivity contribution in [3.63, 3.8) is 0 Å². The number of nitrogens with one attached hydrogen (secondary N) is 3. The zero-order valence-corrected chi connectivity index (χ0v) is 16.1. The van der Waals surface area contributed by atoms with Crippen molar-refractivity contribution in [3.05, 3.63) is 51.3 Å². The van der Waals surface area contributed by atoms with Crippen LogP contribution in [0.4, 0.5) is 11.8 Å². The molecule has 7 N–H and O–H groups in total. The lowest BCUT2D eigenvalue weighted by atomic mass is 9.95. The number of benzene rings is 1. The van der Waals surface area contributed by atoms with E-state index in [0.29, 0.717) is 30.8 Å². The first kappa shape index (κ1) is 15.9. The minimum absolute atomic E-state index is 0.00698. The number of anilines is 2. The van der Waals surface area contributed by atoms with E-state index in [1.165, 1.54) is 12.1 Å². The second-order valence-electron chi connectivity index (χ2n) is 6.72. The van der Waals surface area contributed by atoms with Crippen LogP contribution in [0.1, 0.15) is 53.4 Å².